The first-order valence-electron chi connectivity index (χ1n) is 4.85. The van der Waals surface area contributed by atoms with Gasteiger partial charge in [0.25, 0.3) is 0 Å². The van der Waals surface area contributed by atoms with Gasteiger partial charge in [-0.1, -0.05) is 36.0 Å². The van der Waals surface area contributed by atoms with Crippen LogP contribution in [0.3, 0.4) is 0 Å². The summed E-state index contributed by atoms with van der Waals surface area (Å²) >= 11 is 1.38. The fourth-order valence-electron chi connectivity index (χ4n) is 1.32. The molecule has 2 aromatic rings. The molecule has 0 saturated carbocycles. The Hall–Kier alpha value is -1.55. The molecule has 0 fully saturated rings. The summed E-state index contributed by atoms with van der Waals surface area (Å²) in [4.78, 5) is 15.4. The van der Waals surface area contributed by atoms with Crippen molar-refractivity contribution in [3.05, 3.63) is 36.4 Å². The SMILES string of the molecule is COC(=O)CSc1ccc2ccccc2n1. The average Bonchev–Trinajstić information content (AvgIpc) is 2.35. The Morgan fingerprint density at radius 1 is 1.31 bits per heavy atom. The van der Waals surface area contributed by atoms with Gasteiger partial charge in [-0.2, -0.15) is 0 Å². The molecule has 82 valence electrons. The first kappa shape index (κ1) is 11.0. The minimum atomic E-state index is -0.236. The summed E-state index contributed by atoms with van der Waals surface area (Å²) < 4.78 is 4.57. The summed E-state index contributed by atoms with van der Waals surface area (Å²) in [6, 6.07) is 11.8. The van der Waals surface area contributed by atoms with Crippen LogP contribution in [0.15, 0.2) is 41.4 Å². The van der Waals surface area contributed by atoms with E-state index in [1.807, 2.05) is 36.4 Å². The molecule has 2 rings (SSSR count). The molecule has 0 bridgehead atoms. The lowest BCUT2D eigenvalue weighted by Gasteiger charge is -2.01. The number of thioether (sulfide) groups is 1. The Morgan fingerprint density at radius 3 is 2.94 bits per heavy atom. The van der Waals surface area contributed by atoms with Crippen molar-refractivity contribution in [2.24, 2.45) is 0 Å². The van der Waals surface area contributed by atoms with Crippen molar-refractivity contribution in [3.63, 3.8) is 0 Å². The maximum absolute atomic E-state index is 11.0. The summed E-state index contributed by atoms with van der Waals surface area (Å²) in [5.41, 5.74) is 0.942. The first-order valence-corrected chi connectivity index (χ1v) is 5.83. The topological polar surface area (TPSA) is 39.2 Å². The van der Waals surface area contributed by atoms with E-state index in [-0.39, 0.29) is 5.97 Å². The highest BCUT2D eigenvalue weighted by molar-refractivity contribution is 7.99. The molecule has 16 heavy (non-hydrogen) atoms. The van der Waals surface area contributed by atoms with E-state index in [0.717, 1.165) is 15.9 Å². The smallest absolute Gasteiger partial charge is 0.316 e. The third kappa shape index (κ3) is 2.52. The molecular weight excluding hydrogens is 222 g/mol. The van der Waals surface area contributed by atoms with Crippen LogP contribution in [-0.4, -0.2) is 23.8 Å². The third-order valence-electron chi connectivity index (χ3n) is 2.14. The van der Waals surface area contributed by atoms with E-state index in [1.165, 1.54) is 18.9 Å². The lowest BCUT2D eigenvalue weighted by Crippen LogP contribution is -2.03. The van der Waals surface area contributed by atoms with Crippen LogP contribution in [0.4, 0.5) is 0 Å². The van der Waals surface area contributed by atoms with E-state index in [4.69, 9.17) is 0 Å². The molecule has 4 heteroatoms. The minimum absolute atomic E-state index is 0.236. The van der Waals surface area contributed by atoms with Gasteiger partial charge in [-0.15, -0.1) is 0 Å². The summed E-state index contributed by atoms with van der Waals surface area (Å²) in [6.45, 7) is 0. The van der Waals surface area contributed by atoms with Crippen LogP contribution in [-0.2, 0) is 9.53 Å². The number of carbonyl (C=O) groups is 1. The minimum Gasteiger partial charge on any atom is -0.468 e. The Labute approximate surface area is 97.8 Å². The van der Waals surface area contributed by atoms with Crippen molar-refractivity contribution in [2.45, 2.75) is 5.03 Å². The van der Waals surface area contributed by atoms with Gasteiger partial charge in [0.05, 0.1) is 23.4 Å². The number of hydrogen-bond acceptors (Lipinski definition) is 4. The van der Waals surface area contributed by atoms with Crippen LogP contribution in [0, 0.1) is 0 Å². The summed E-state index contributed by atoms with van der Waals surface area (Å²) in [7, 11) is 1.39. The summed E-state index contributed by atoms with van der Waals surface area (Å²) in [6.07, 6.45) is 0. The number of benzene rings is 1. The number of esters is 1. The largest absolute Gasteiger partial charge is 0.468 e. The van der Waals surface area contributed by atoms with Crippen molar-refractivity contribution >= 4 is 28.6 Å². The van der Waals surface area contributed by atoms with Gasteiger partial charge in [0.15, 0.2) is 0 Å². The van der Waals surface area contributed by atoms with E-state index in [2.05, 4.69) is 9.72 Å². The number of carbonyl (C=O) groups excluding carboxylic acids is 1. The highest BCUT2D eigenvalue weighted by Crippen LogP contribution is 2.19. The number of rotatable bonds is 3. The number of hydrogen-bond donors (Lipinski definition) is 0. The van der Waals surface area contributed by atoms with E-state index < -0.39 is 0 Å². The molecule has 0 unspecified atom stereocenters. The highest BCUT2D eigenvalue weighted by Gasteiger charge is 2.03. The van der Waals surface area contributed by atoms with Gasteiger partial charge in [-0.05, 0) is 12.1 Å². The van der Waals surface area contributed by atoms with Gasteiger partial charge in [0.2, 0.25) is 0 Å². The molecule has 1 aromatic carbocycles. The van der Waals surface area contributed by atoms with E-state index >= 15 is 0 Å². The van der Waals surface area contributed by atoms with Gasteiger partial charge in [-0.25, -0.2) is 4.98 Å². The van der Waals surface area contributed by atoms with Crippen LogP contribution in [0.2, 0.25) is 0 Å². The number of para-hydroxylation sites is 1. The van der Waals surface area contributed by atoms with Gasteiger partial charge >= 0.3 is 5.97 Å². The zero-order valence-corrected chi connectivity index (χ0v) is 9.66. The Balaban J connectivity index is 2.16. The summed E-state index contributed by atoms with van der Waals surface area (Å²) in [5.74, 6) is 0.0573. The Kier molecular flexibility index (Phi) is 3.41. The predicted octanol–water partition coefficient (Wildman–Crippen LogP) is 2.50. The number of methoxy groups -OCH3 is 1. The van der Waals surface area contributed by atoms with E-state index in [0.29, 0.717) is 5.75 Å². The molecule has 3 nitrogen and oxygen atoms in total. The maximum Gasteiger partial charge on any atom is 0.316 e. The number of fused-ring (bicyclic) bond motifs is 1. The van der Waals surface area contributed by atoms with Crippen LogP contribution in [0.25, 0.3) is 10.9 Å². The molecule has 0 aliphatic heterocycles. The molecule has 0 N–H and O–H groups in total. The van der Waals surface area contributed by atoms with Crippen molar-refractivity contribution in [3.8, 4) is 0 Å². The molecule has 1 aromatic heterocycles. The number of nitrogens with zero attached hydrogens (tertiary/aromatic N) is 1. The molecule has 1 heterocycles. The fraction of sp³-hybridized carbons (Fsp3) is 0.167. The van der Waals surface area contributed by atoms with Crippen molar-refractivity contribution in [1.29, 1.82) is 0 Å². The van der Waals surface area contributed by atoms with Gasteiger partial charge < -0.3 is 4.74 Å². The lowest BCUT2D eigenvalue weighted by molar-refractivity contribution is -0.137. The maximum atomic E-state index is 11.0. The molecule has 0 atom stereocenters. The van der Waals surface area contributed by atoms with Crippen molar-refractivity contribution in [1.82, 2.24) is 4.98 Å². The molecule has 0 spiro atoms. The second kappa shape index (κ2) is 4.99. The third-order valence-corrected chi connectivity index (χ3v) is 3.04. The molecule has 0 saturated heterocycles. The van der Waals surface area contributed by atoms with Gasteiger partial charge in [0.1, 0.15) is 0 Å². The fourth-order valence-corrected chi connectivity index (χ4v) is 2.03. The van der Waals surface area contributed by atoms with Gasteiger partial charge in [-0.3, -0.25) is 4.79 Å². The zero-order valence-electron chi connectivity index (χ0n) is 8.84. The Morgan fingerprint density at radius 2 is 2.12 bits per heavy atom. The number of ether oxygens (including phenoxy) is 1. The number of aromatic nitrogens is 1. The summed E-state index contributed by atoms with van der Waals surface area (Å²) in [5, 5.41) is 1.94. The van der Waals surface area contributed by atoms with Crippen LogP contribution in [0.1, 0.15) is 0 Å². The standard InChI is InChI=1S/C12H11NO2S/c1-15-12(14)8-16-11-7-6-9-4-2-3-5-10(9)13-11/h2-7H,8H2,1H3. The first-order chi connectivity index (χ1) is 7.79. The average molecular weight is 233 g/mol. The normalized spacial score (nSPS) is 10.3. The quantitative estimate of drug-likeness (QED) is 0.603. The van der Waals surface area contributed by atoms with Crippen molar-refractivity contribution in [2.75, 3.05) is 12.9 Å². The molecule has 0 radical (unpaired) electrons. The molecule has 0 aliphatic rings. The van der Waals surface area contributed by atoms with E-state index in [9.17, 15) is 4.79 Å². The monoisotopic (exact) mass is 233 g/mol. The highest BCUT2D eigenvalue weighted by atomic mass is 32.2. The van der Waals surface area contributed by atoms with E-state index in [1.54, 1.807) is 0 Å². The molecular formula is C12H11NO2S. The van der Waals surface area contributed by atoms with Crippen molar-refractivity contribution < 1.29 is 9.53 Å². The second-order valence-corrected chi connectivity index (χ2v) is 4.20. The van der Waals surface area contributed by atoms with Crippen LogP contribution >= 0.6 is 11.8 Å². The molecule has 0 aliphatic carbocycles. The Bertz CT molecular complexity index is 513. The predicted molar refractivity (Wildman–Crippen MR) is 64.5 cm³/mol. The second-order valence-electron chi connectivity index (χ2n) is 3.21. The van der Waals surface area contributed by atoms with Crippen LogP contribution in [0.5, 0.6) is 0 Å². The van der Waals surface area contributed by atoms with Crippen LogP contribution < -0.4 is 0 Å². The molecule has 0 amide bonds. The zero-order chi connectivity index (χ0) is 11.4. The van der Waals surface area contributed by atoms with Gasteiger partial charge in [0, 0.05) is 5.39 Å². The lowest BCUT2D eigenvalue weighted by atomic mass is 10.2. The number of pyridine rings is 1.